The van der Waals surface area contributed by atoms with Gasteiger partial charge in [0.1, 0.15) is 0 Å². The van der Waals surface area contributed by atoms with Crippen molar-refractivity contribution in [2.24, 2.45) is 0 Å². The van der Waals surface area contributed by atoms with E-state index in [9.17, 15) is 18.0 Å². The molecule has 0 spiro atoms. The van der Waals surface area contributed by atoms with E-state index in [4.69, 9.17) is 4.74 Å². The molecule has 1 saturated heterocycles. The number of carbonyl (C=O) groups excluding carboxylic acids is 2. The van der Waals surface area contributed by atoms with Crippen molar-refractivity contribution in [1.29, 1.82) is 0 Å². The largest absolute Gasteiger partial charge is 0.463 e. The fourth-order valence-corrected chi connectivity index (χ4v) is 6.66. The molecule has 3 N–H and O–H groups in total. The maximum Gasteiger partial charge on any atom is 0.348 e. The summed E-state index contributed by atoms with van der Waals surface area (Å²) in [4.78, 5) is 24.5. The van der Waals surface area contributed by atoms with Gasteiger partial charge >= 0.3 is 5.97 Å². The highest BCUT2D eigenvalue weighted by atomic mass is 79.9. The summed E-state index contributed by atoms with van der Waals surface area (Å²) in [6, 6.07) is 20.3. The van der Waals surface area contributed by atoms with Gasteiger partial charge in [-0.3, -0.25) is 4.79 Å². The molecule has 4 rings (SSSR count). The number of para-hydroxylation sites is 1. The van der Waals surface area contributed by atoms with Crippen LogP contribution < -0.4 is 16.0 Å². The second-order valence-electron chi connectivity index (χ2n) is 9.48. The highest BCUT2D eigenvalue weighted by Gasteiger charge is 2.55. The number of carbonyl (C=O) groups is 2. The Bertz CT molecular complexity index is 1420. The zero-order valence-electron chi connectivity index (χ0n) is 21.9. The normalized spacial score (nSPS) is 16.7. The molecule has 0 bridgehead atoms. The average molecular weight is 615 g/mol. The molecule has 8 nitrogen and oxygen atoms in total. The maximum absolute atomic E-state index is 14.2. The predicted octanol–water partition coefficient (Wildman–Crippen LogP) is 4.65. The van der Waals surface area contributed by atoms with E-state index in [0.717, 1.165) is 27.8 Å². The topological polar surface area (TPSA) is 114 Å². The van der Waals surface area contributed by atoms with Crippen LogP contribution in [-0.4, -0.2) is 44.4 Å². The Labute approximate surface area is 237 Å². The third kappa shape index (κ3) is 6.34. The van der Waals surface area contributed by atoms with Gasteiger partial charge in [-0.2, -0.15) is 0 Å². The summed E-state index contributed by atoms with van der Waals surface area (Å²) in [5.74, 6) is -1.57. The van der Waals surface area contributed by atoms with Gasteiger partial charge in [0.25, 0.3) is 0 Å². The fraction of sp³-hybridized carbons (Fsp3) is 0.310. The van der Waals surface area contributed by atoms with Crippen LogP contribution in [-0.2, 0) is 30.6 Å². The summed E-state index contributed by atoms with van der Waals surface area (Å²) in [5, 5.41) is 9.01. The van der Waals surface area contributed by atoms with E-state index in [-0.39, 0.29) is 17.9 Å². The lowest BCUT2D eigenvalue weighted by atomic mass is 10.0. The monoisotopic (exact) mass is 613 g/mol. The summed E-state index contributed by atoms with van der Waals surface area (Å²) in [6.45, 7) is 4.04. The number of hydrogen-bond donors (Lipinski definition) is 3. The van der Waals surface area contributed by atoms with Crippen molar-refractivity contribution in [3.63, 3.8) is 0 Å². The molecule has 2 atom stereocenters. The lowest BCUT2D eigenvalue weighted by Gasteiger charge is -2.33. The molecular formula is C29H32BrN3O5S. The molecule has 0 saturated carbocycles. The Balaban J connectivity index is 1.75. The number of ether oxygens (including phenoxy) is 1. The van der Waals surface area contributed by atoms with Crippen LogP contribution in [0.15, 0.2) is 82.2 Å². The number of rotatable bonds is 10. The molecular weight excluding hydrogens is 582 g/mol. The third-order valence-corrected chi connectivity index (χ3v) is 9.57. The van der Waals surface area contributed by atoms with Crippen molar-refractivity contribution in [2.75, 3.05) is 18.5 Å². The number of nitrogens with one attached hydrogen (secondary N) is 3. The summed E-state index contributed by atoms with van der Waals surface area (Å²) in [7, 11) is -4.44. The number of halogens is 1. The summed E-state index contributed by atoms with van der Waals surface area (Å²) in [5.41, 5.74) is 3.04. The molecule has 3 aromatic carbocycles. The van der Waals surface area contributed by atoms with Crippen molar-refractivity contribution in [1.82, 2.24) is 10.6 Å². The number of hydrogen-bond acceptors (Lipinski definition) is 7. The average Bonchev–Trinajstić information content (AvgIpc) is 3.46. The minimum absolute atomic E-state index is 0.0453. The molecule has 0 unspecified atom stereocenters. The van der Waals surface area contributed by atoms with Crippen molar-refractivity contribution in [2.45, 2.75) is 48.9 Å². The van der Waals surface area contributed by atoms with Gasteiger partial charge in [-0.1, -0.05) is 42.0 Å². The van der Waals surface area contributed by atoms with E-state index in [2.05, 4.69) is 31.9 Å². The lowest BCUT2D eigenvalue weighted by molar-refractivity contribution is -0.149. The van der Waals surface area contributed by atoms with Crippen LogP contribution in [0.5, 0.6) is 0 Å². The Hall–Kier alpha value is -3.21. The van der Waals surface area contributed by atoms with Gasteiger partial charge in [0, 0.05) is 16.6 Å². The minimum atomic E-state index is -4.44. The van der Waals surface area contributed by atoms with Gasteiger partial charge in [0.2, 0.25) is 20.6 Å². The molecule has 1 fully saturated rings. The van der Waals surface area contributed by atoms with Crippen LogP contribution in [0.3, 0.4) is 0 Å². The molecule has 1 heterocycles. The van der Waals surface area contributed by atoms with Crippen LogP contribution in [0, 0.1) is 6.92 Å². The number of anilines is 2. The third-order valence-electron chi connectivity index (χ3n) is 6.66. The molecule has 1 aliphatic rings. The molecule has 39 heavy (non-hydrogen) atoms. The summed E-state index contributed by atoms with van der Waals surface area (Å²) < 4.78 is 34.7. The Morgan fingerprint density at radius 1 is 1.05 bits per heavy atom. The second-order valence-corrected chi connectivity index (χ2v) is 12.5. The maximum atomic E-state index is 14.2. The predicted molar refractivity (Wildman–Crippen MR) is 154 cm³/mol. The molecule has 1 amide bonds. The van der Waals surface area contributed by atoms with Crippen LogP contribution in [0.4, 0.5) is 11.4 Å². The van der Waals surface area contributed by atoms with Crippen LogP contribution >= 0.6 is 15.9 Å². The van der Waals surface area contributed by atoms with E-state index in [1.807, 2.05) is 31.2 Å². The first kappa shape index (κ1) is 28.8. The number of aryl methyl sites for hydroxylation is 1. The van der Waals surface area contributed by atoms with Crippen molar-refractivity contribution < 1.29 is 22.7 Å². The van der Waals surface area contributed by atoms with Gasteiger partial charge in [0.05, 0.1) is 23.2 Å². The lowest BCUT2D eigenvalue weighted by Crippen LogP contribution is -2.64. The van der Waals surface area contributed by atoms with E-state index in [1.165, 1.54) is 12.1 Å². The van der Waals surface area contributed by atoms with E-state index < -0.39 is 32.6 Å². The van der Waals surface area contributed by atoms with E-state index in [0.29, 0.717) is 18.5 Å². The molecule has 10 heteroatoms. The Kier molecular flexibility index (Phi) is 9.09. The van der Waals surface area contributed by atoms with Gasteiger partial charge < -0.3 is 20.7 Å². The Morgan fingerprint density at radius 3 is 2.36 bits per heavy atom. The van der Waals surface area contributed by atoms with Gasteiger partial charge in [-0.25, -0.2) is 13.2 Å². The molecule has 3 aromatic rings. The summed E-state index contributed by atoms with van der Waals surface area (Å²) in [6.07, 6.45) is 1.02. The first-order valence-electron chi connectivity index (χ1n) is 12.8. The molecule has 0 aliphatic carbocycles. The Morgan fingerprint density at radius 2 is 1.74 bits per heavy atom. The second kappa shape index (κ2) is 12.3. The van der Waals surface area contributed by atoms with E-state index in [1.54, 1.807) is 43.3 Å². The number of benzene rings is 3. The standard InChI is InChI=1S/C29H32BrN3O5S/c1-3-38-28(35)29(33-27(34)26-9-6-18-31-26,39(36,37)23-16-10-20(2)11-17-23)19-21-12-14-22(15-13-21)32-25-8-5-4-7-24(25)30/h4-5,7-8,10-17,26,31-32H,3,6,9,18-19H2,1-2H3,(H,33,34)/t26-,29+/m0/s1. The van der Waals surface area contributed by atoms with Gasteiger partial charge in [0.15, 0.2) is 0 Å². The highest BCUT2D eigenvalue weighted by molar-refractivity contribution is 9.10. The first-order valence-corrected chi connectivity index (χ1v) is 15.1. The molecule has 1 aliphatic heterocycles. The van der Waals surface area contributed by atoms with Crippen molar-refractivity contribution in [3.8, 4) is 0 Å². The fourth-order valence-electron chi connectivity index (χ4n) is 4.51. The van der Waals surface area contributed by atoms with Crippen molar-refractivity contribution >= 4 is 49.0 Å². The number of amides is 1. The quantitative estimate of drug-likeness (QED) is 0.285. The number of sulfone groups is 1. The van der Waals surface area contributed by atoms with Gasteiger partial charge in [-0.05, 0) is 91.1 Å². The molecule has 0 aromatic heterocycles. The van der Waals surface area contributed by atoms with E-state index >= 15 is 0 Å². The molecule has 206 valence electrons. The first-order chi connectivity index (χ1) is 18.7. The number of esters is 1. The SMILES string of the molecule is CCOC(=O)[C@](Cc1ccc(Nc2ccccc2Br)cc1)(NC(=O)[C@@H]1CCCN1)S(=O)(=O)c1ccc(C)cc1. The van der Waals surface area contributed by atoms with Crippen LogP contribution in [0.25, 0.3) is 0 Å². The van der Waals surface area contributed by atoms with Crippen LogP contribution in [0.1, 0.15) is 30.9 Å². The zero-order valence-corrected chi connectivity index (χ0v) is 24.3. The molecule has 0 radical (unpaired) electrons. The van der Waals surface area contributed by atoms with Crippen LogP contribution in [0.2, 0.25) is 0 Å². The minimum Gasteiger partial charge on any atom is -0.463 e. The van der Waals surface area contributed by atoms with Gasteiger partial charge in [-0.15, -0.1) is 0 Å². The summed E-state index contributed by atoms with van der Waals surface area (Å²) >= 11 is 3.51. The highest BCUT2D eigenvalue weighted by Crippen LogP contribution is 2.31. The zero-order chi connectivity index (χ0) is 28.0. The van der Waals surface area contributed by atoms with Crippen molar-refractivity contribution in [3.05, 3.63) is 88.4 Å². The smallest absolute Gasteiger partial charge is 0.348 e.